The molecule has 1 saturated heterocycles. The Kier molecular flexibility index (Phi) is 6.73. The lowest BCUT2D eigenvalue weighted by Crippen LogP contribution is -2.45. The Labute approximate surface area is 208 Å². The quantitative estimate of drug-likeness (QED) is 0.457. The number of benzene rings is 2. The van der Waals surface area contributed by atoms with Gasteiger partial charge < -0.3 is 0 Å². The Balaban J connectivity index is 1.61. The second-order valence-corrected chi connectivity index (χ2v) is 9.59. The van der Waals surface area contributed by atoms with Crippen molar-refractivity contribution in [3.8, 4) is 5.69 Å². The molecular weight excluding hydrogens is 474 g/mol. The summed E-state index contributed by atoms with van der Waals surface area (Å²) in [6.07, 6.45) is 7.80. The molecule has 0 saturated carbocycles. The molecule has 0 unspecified atom stereocenters. The SMILES string of the molecule is O=C(NN1CCCCC1)c1nn(-c2ccc(Cl)cc2Cl)c2c1CCC/C2=C/c1ccc(F)cc1. The van der Waals surface area contributed by atoms with Gasteiger partial charge in [0.25, 0.3) is 5.91 Å². The molecule has 0 bridgehead atoms. The molecule has 5 rings (SSSR count). The number of fused-ring (bicyclic) bond motifs is 1. The standard InChI is InChI=1S/C26H25Cl2FN4O/c27-19-9-12-23(22(28)16-19)33-25-18(15-17-7-10-20(29)11-8-17)5-4-6-21(25)24(30-33)26(34)31-32-13-2-1-3-14-32/h7-12,15-16H,1-6,13-14H2,(H,31,34)/b18-15-. The predicted molar refractivity (Wildman–Crippen MR) is 134 cm³/mol. The van der Waals surface area contributed by atoms with Crippen molar-refractivity contribution in [3.63, 3.8) is 0 Å². The van der Waals surface area contributed by atoms with Gasteiger partial charge in [-0.2, -0.15) is 5.10 Å². The fraction of sp³-hybridized carbons (Fsp3) is 0.308. The highest BCUT2D eigenvalue weighted by Crippen LogP contribution is 2.37. The third-order valence-electron chi connectivity index (χ3n) is 6.34. The highest BCUT2D eigenvalue weighted by atomic mass is 35.5. The van der Waals surface area contributed by atoms with Gasteiger partial charge in [-0.15, -0.1) is 0 Å². The molecule has 5 nitrogen and oxygen atoms in total. The number of aromatic nitrogens is 2. The zero-order valence-corrected chi connectivity index (χ0v) is 20.2. The van der Waals surface area contributed by atoms with Gasteiger partial charge in [0, 0.05) is 23.7 Å². The lowest BCUT2D eigenvalue weighted by Gasteiger charge is -2.26. The minimum Gasteiger partial charge on any atom is -0.283 e. The van der Waals surface area contributed by atoms with E-state index in [-0.39, 0.29) is 11.7 Å². The maximum atomic E-state index is 13.4. The summed E-state index contributed by atoms with van der Waals surface area (Å²) in [4.78, 5) is 13.3. The largest absolute Gasteiger partial charge is 0.286 e. The molecule has 34 heavy (non-hydrogen) atoms. The maximum absolute atomic E-state index is 13.4. The number of allylic oxidation sites excluding steroid dienone is 1. The molecule has 0 radical (unpaired) electrons. The van der Waals surface area contributed by atoms with Crippen LogP contribution in [0.25, 0.3) is 17.3 Å². The van der Waals surface area contributed by atoms with Gasteiger partial charge in [0.05, 0.1) is 16.4 Å². The molecule has 1 amide bonds. The average molecular weight is 499 g/mol. The number of hydrogen-bond donors (Lipinski definition) is 1. The van der Waals surface area contributed by atoms with Crippen LogP contribution in [-0.4, -0.2) is 33.8 Å². The number of carbonyl (C=O) groups excluding carboxylic acids is 1. The van der Waals surface area contributed by atoms with Crippen molar-refractivity contribution >= 4 is 40.8 Å². The Morgan fingerprint density at radius 3 is 2.50 bits per heavy atom. The Bertz CT molecular complexity index is 1250. The van der Waals surface area contributed by atoms with Gasteiger partial charge in [-0.05, 0) is 79.6 Å². The van der Waals surface area contributed by atoms with Crippen molar-refractivity contribution in [1.29, 1.82) is 0 Å². The van der Waals surface area contributed by atoms with Gasteiger partial charge in [0.15, 0.2) is 5.69 Å². The topological polar surface area (TPSA) is 50.2 Å². The smallest absolute Gasteiger partial charge is 0.283 e. The van der Waals surface area contributed by atoms with E-state index in [1.165, 1.54) is 18.6 Å². The Morgan fingerprint density at radius 2 is 1.76 bits per heavy atom. The summed E-state index contributed by atoms with van der Waals surface area (Å²) in [5.41, 5.74) is 7.81. The molecule has 3 aromatic rings. The van der Waals surface area contributed by atoms with Crippen LogP contribution < -0.4 is 5.43 Å². The van der Waals surface area contributed by atoms with Gasteiger partial charge in [-0.25, -0.2) is 14.1 Å². The van der Waals surface area contributed by atoms with E-state index in [1.54, 1.807) is 28.9 Å². The van der Waals surface area contributed by atoms with Crippen LogP contribution in [0.2, 0.25) is 10.0 Å². The molecule has 176 valence electrons. The van der Waals surface area contributed by atoms with Crippen molar-refractivity contribution < 1.29 is 9.18 Å². The molecular formula is C26H25Cl2FN4O. The van der Waals surface area contributed by atoms with E-state index in [9.17, 15) is 9.18 Å². The lowest BCUT2D eigenvalue weighted by molar-refractivity contribution is 0.0743. The number of hydrazine groups is 1. The number of piperidine rings is 1. The van der Waals surface area contributed by atoms with Crippen molar-refractivity contribution in [3.05, 3.63) is 80.8 Å². The molecule has 1 aromatic heterocycles. The van der Waals surface area contributed by atoms with Crippen LogP contribution in [0.1, 0.15) is 59.4 Å². The number of nitrogens with zero attached hydrogens (tertiary/aromatic N) is 3. The Hall–Kier alpha value is -2.67. The third kappa shape index (κ3) is 4.76. The van der Waals surface area contributed by atoms with Crippen molar-refractivity contribution in [2.75, 3.05) is 13.1 Å². The van der Waals surface area contributed by atoms with Crippen molar-refractivity contribution in [2.45, 2.75) is 38.5 Å². The molecule has 2 aliphatic rings. The summed E-state index contributed by atoms with van der Waals surface area (Å²) in [6, 6.07) is 11.6. The number of rotatable bonds is 4. The van der Waals surface area contributed by atoms with E-state index in [0.717, 1.165) is 67.6 Å². The molecule has 1 aliphatic heterocycles. The van der Waals surface area contributed by atoms with E-state index in [2.05, 4.69) is 5.43 Å². The maximum Gasteiger partial charge on any atom is 0.286 e. The predicted octanol–water partition coefficient (Wildman–Crippen LogP) is 6.33. The highest BCUT2D eigenvalue weighted by Gasteiger charge is 2.30. The second-order valence-electron chi connectivity index (χ2n) is 8.75. The first-order valence-corrected chi connectivity index (χ1v) is 12.3. The summed E-state index contributed by atoms with van der Waals surface area (Å²) < 4.78 is 15.2. The fourth-order valence-electron chi connectivity index (χ4n) is 4.70. The van der Waals surface area contributed by atoms with E-state index in [4.69, 9.17) is 28.3 Å². The first-order valence-electron chi connectivity index (χ1n) is 11.6. The molecule has 0 atom stereocenters. The lowest BCUT2D eigenvalue weighted by atomic mass is 9.89. The van der Waals surface area contributed by atoms with E-state index in [1.807, 2.05) is 17.2 Å². The average Bonchev–Trinajstić information content (AvgIpc) is 3.22. The van der Waals surface area contributed by atoms with Crippen LogP contribution in [0.5, 0.6) is 0 Å². The summed E-state index contributed by atoms with van der Waals surface area (Å²) in [6.45, 7) is 1.68. The summed E-state index contributed by atoms with van der Waals surface area (Å²) in [7, 11) is 0. The first-order chi connectivity index (χ1) is 16.5. The monoisotopic (exact) mass is 498 g/mol. The number of amides is 1. The van der Waals surface area contributed by atoms with Gasteiger partial charge in [0.1, 0.15) is 5.82 Å². The van der Waals surface area contributed by atoms with Crippen LogP contribution in [0.3, 0.4) is 0 Å². The summed E-state index contributed by atoms with van der Waals surface area (Å²) >= 11 is 12.7. The van der Waals surface area contributed by atoms with E-state index < -0.39 is 0 Å². The molecule has 8 heteroatoms. The van der Waals surface area contributed by atoms with Gasteiger partial charge in [-0.3, -0.25) is 10.2 Å². The van der Waals surface area contributed by atoms with Crippen LogP contribution >= 0.6 is 23.2 Å². The molecule has 1 N–H and O–H groups in total. The van der Waals surface area contributed by atoms with E-state index >= 15 is 0 Å². The fourth-order valence-corrected chi connectivity index (χ4v) is 5.19. The second kappa shape index (κ2) is 9.90. The number of hydrogen-bond acceptors (Lipinski definition) is 3. The number of nitrogens with one attached hydrogen (secondary N) is 1. The summed E-state index contributed by atoms with van der Waals surface area (Å²) in [5.74, 6) is -0.480. The van der Waals surface area contributed by atoms with Crippen molar-refractivity contribution in [2.24, 2.45) is 0 Å². The number of carbonyl (C=O) groups is 1. The van der Waals surface area contributed by atoms with Gasteiger partial charge >= 0.3 is 0 Å². The molecule has 2 heterocycles. The van der Waals surface area contributed by atoms with E-state index in [0.29, 0.717) is 21.4 Å². The zero-order chi connectivity index (χ0) is 23.7. The van der Waals surface area contributed by atoms with Crippen LogP contribution in [0, 0.1) is 5.82 Å². The first kappa shape index (κ1) is 23.1. The van der Waals surface area contributed by atoms with Crippen LogP contribution in [-0.2, 0) is 6.42 Å². The molecule has 1 aliphatic carbocycles. The van der Waals surface area contributed by atoms with Crippen molar-refractivity contribution in [1.82, 2.24) is 20.2 Å². The zero-order valence-electron chi connectivity index (χ0n) is 18.7. The minimum absolute atomic E-state index is 0.204. The third-order valence-corrected chi connectivity index (χ3v) is 6.88. The normalized spacial score (nSPS) is 17.6. The van der Waals surface area contributed by atoms with Gasteiger partial charge in [0.2, 0.25) is 0 Å². The van der Waals surface area contributed by atoms with Gasteiger partial charge in [-0.1, -0.05) is 41.8 Å². The summed E-state index contributed by atoms with van der Waals surface area (Å²) in [5, 5.41) is 7.73. The molecule has 1 fully saturated rings. The van der Waals surface area contributed by atoms with Crippen LogP contribution in [0.4, 0.5) is 4.39 Å². The van der Waals surface area contributed by atoms with Crippen LogP contribution in [0.15, 0.2) is 42.5 Å². The number of halogens is 3. The minimum atomic E-state index is -0.277. The Morgan fingerprint density at radius 1 is 1.00 bits per heavy atom. The highest BCUT2D eigenvalue weighted by molar-refractivity contribution is 6.35. The molecule has 0 spiro atoms. The molecule has 2 aromatic carbocycles.